The number of fused-ring (bicyclic) bond motifs is 1. The normalized spacial score (nSPS) is 10.5. The van der Waals surface area contributed by atoms with Crippen LogP contribution in [0.3, 0.4) is 0 Å². The monoisotopic (exact) mass is 186 g/mol. The fraction of sp³-hybridized carbons (Fsp3) is 0.250. The third kappa shape index (κ3) is 1.43. The largest absolute Gasteiger partial charge is 0.377 e. The molecule has 0 aliphatic carbocycles. The Bertz CT molecular complexity index is 461. The first-order chi connectivity index (χ1) is 6.68. The van der Waals surface area contributed by atoms with Crippen LogP contribution in [0.1, 0.15) is 5.56 Å². The zero-order chi connectivity index (χ0) is 10.1. The number of benzene rings is 1. The van der Waals surface area contributed by atoms with Gasteiger partial charge in [0.1, 0.15) is 0 Å². The summed E-state index contributed by atoms with van der Waals surface area (Å²) in [6.07, 6.45) is 3.75. The lowest BCUT2D eigenvalue weighted by Gasteiger charge is -2.16. The number of hydrogen-bond donors (Lipinski definition) is 0. The number of hydrogen-bond acceptors (Lipinski definition) is 2. The number of pyridine rings is 1. The minimum Gasteiger partial charge on any atom is -0.377 e. The highest BCUT2D eigenvalue weighted by atomic mass is 15.1. The summed E-state index contributed by atoms with van der Waals surface area (Å²) in [6, 6.07) is 6.42. The van der Waals surface area contributed by atoms with Crippen LogP contribution in [-0.4, -0.2) is 19.1 Å². The van der Waals surface area contributed by atoms with E-state index in [2.05, 4.69) is 49.1 Å². The van der Waals surface area contributed by atoms with Crippen molar-refractivity contribution in [2.45, 2.75) is 6.92 Å². The van der Waals surface area contributed by atoms with E-state index in [0.29, 0.717) is 0 Å². The minimum absolute atomic E-state index is 1.20. The summed E-state index contributed by atoms with van der Waals surface area (Å²) >= 11 is 0. The summed E-state index contributed by atoms with van der Waals surface area (Å²) < 4.78 is 0. The molecule has 1 aromatic heterocycles. The highest BCUT2D eigenvalue weighted by Gasteiger charge is 2.03. The maximum Gasteiger partial charge on any atom is 0.0444 e. The molecule has 0 aliphatic rings. The van der Waals surface area contributed by atoms with Crippen LogP contribution in [0.2, 0.25) is 0 Å². The summed E-state index contributed by atoms with van der Waals surface area (Å²) in [5.41, 5.74) is 2.52. The molecule has 0 amide bonds. The van der Waals surface area contributed by atoms with E-state index in [4.69, 9.17) is 0 Å². The summed E-state index contributed by atoms with van der Waals surface area (Å²) in [5.74, 6) is 0. The van der Waals surface area contributed by atoms with Crippen molar-refractivity contribution in [1.29, 1.82) is 0 Å². The van der Waals surface area contributed by atoms with E-state index in [-0.39, 0.29) is 0 Å². The Labute approximate surface area is 84.2 Å². The molecule has 0 saturated heterocycles. The Morgan fingerprint density at radius 3 is 2.71 bits per heavy atom. The van der Waals surface area contributed by atoms with Gasteiger partial charge in [0.15, 0.2) is 0 Å². The number of rotatable bonds is 1. The second-order valence-electron chi connectivity index (χ2n) is 3.78. The molecule has 2 nitrogen and oxygen atoms in total. The lowest BCUT2D eigenvalue weighted by Crippen LogP contribution is -2.09. The van der Waals surface area contributed by atoms with Crippen molar-refractivity contribution in [3.63, 3.8) is 0 Å². The quantitative estimate of drug-likeness (QED) is 0.680. The zero-order valence-electron chi connectivity index (χ0n) is 8.78. The first kappa shape index (κ1) is 9.00. The van der Waals surface area contributed by atoms with Gasteiger partial charge in [-0.15, -0.1) is 0 Å². The molecule has 0 saturated carbocycles. The van der Waals surface area contributed by atoms with Crippen LogP contribution in [0.4, 0.5) is 5.69 Å². The van der Waals surface area contributed by atoms with Gasteiger partial charge in [-0.05, 0) is 30.7 Å². The van der Waals surface area contributed by atoms with E-state index < -0.39 is 0 Å². The maximum absolute atomic E-state index is 4.14. The molecule has 2 rings (SSSR count). The Kier molecular flexibility index (Phi) is 2.12. The van der Waals surface area contributed by atoms with E-state index in [1.54, 1.807) is 0 Å². The molecule has 0 unspecified atom stereocenters. The van der Waals surface area contributed by atoms with Crippen LogP contribution < -0.4 is 4.90 Å². The first-order valence-corrected chi connectivity index (χ1v) is 4.70. The molecule has 14 heavy (non-hydrogen) atoms. The van der Waals surface area contributed by atoms with E-state index in [1.165, 1.54) is 22.0 Å². The molecule has 2 heteroatoms. The Balaban J connectivity index is 2.80. The van der Waals surface area contributed by atoms with Gasteiger partial charge in [-0.3, -0.25) is 4.98 Å². The Morgan fingerprint density at radius 2 is 2.00 bits per heavy atom. The number of anilines is 1. The summed E-state index contributed by atoms with van der Waals surface area (Å²) in [5, 5.41) is 2.46. The van der Waals surface area contributed by atoms with E-state index in [9.17, 15) is 0 Å². The van der Waals surface area contributed by atoms with Crippen LogP contribution in [0, 0.1) is 6.92 Å². The Morgan fingerprint density at radius 1 is 1.21 bits per heavy atom. The molecule has 72 valence electrons. The van der Waals surface area contributed by atoms with Gasteiger partial charge in [-0.2, -0.15) is 0 Å². The van der Waals surface area contributed by atoms with Gasteiger partial charge in [0.05, 0.1) is 0 Å². The van der Waals surface area contributed by atoms with Crippen molar-refractivity contribution in [3.05, 3.63) is 36.2 Å². The average molecular weight is 186 g/mol. The molecule has 1 aromatic carbocycles. The SMILES string of the molecule is Cc1cc(N(C)C)c2ccncc2c1. The average Bonchev–Trinajstić information content (AvgIpc) is 2.16. The smallest absolute Gasteiger partial charge is 0.0444 e. The van der Waals surface area contributed by atoms with Gasteiger partial charge in [0.2, 0.25) is 0 Å². The van der Waals surface area contributed by atoms with Gasteiger partial charge in [0, 0.05) is 42.9 Å². The van der Waals surface area contributed by atoms with Crippen molar-refractivity contribution >= 4 is 16.5 Å². The first-order valence-electron chi connectivity index (χ1n) is 4.70. The van der Waals surface area contributed by atoms with Gasteiger partial charge < -0.3 is 4.90 Å². The van der Waals surface area contributed by atoms with Crippen LogP contribution >= 0.6 is 0 Å². The number of aryl methyl sites for hydroxylation is 1. The fourth-order valence-electron chi connectivity index (χ4n) is 1.71. The maximum atomic E-state index is 4.14. The lowest BCUT2D eigenvalue weighted by molar-refractivity contribution is 1.14. The standard InChI is InChI=1S/C12H14N2/c1-9-6-10-8-13-5-4-11(10)12(7-9)14(2)3/h4-8H,1-3H3. The molecule has 0 bridgehead atoms. The molecule has 2 aromatic rings. The number of nitrogens with zero attached hydrogens (tertiary/aromatic N) is 2. The predicted octanol–water partition coefficient (Wildman–Crippen LogP) is 2.61. The van der Waals surface area contributed by atoms with Crippen LogP contribution in [0.15, 0.2) is 30.6 Å². The van der Waals surface area contributed by atoms with E-state index >= 15 is 0 Å². The molecule has 0 fully saturated rings. The van der Waals surface area contributed by atoms with E-state index in [0.717, 1.165) is 0 Å². The van der Waals surface area contributed by atoms with Crippen molar-refractivity contribution in [2.24, 2.45) is 0 Å². The zero-order valence-corrected chi connectivity index (χ0v) is 8.78. The highest BCUT2D eigenvalue weighted by molar-refractivity contribution is 5.94. The fourth-order valence-corrected chi connectivity index (χ4v) is 1.71. The molecule has 0 N–H and O–H groups in total. The van der Waals surface area contributed by atoms with Crippen molar-refractivity contribution in [3.8, 4) is 0 Å². The number of aromatic nitrogens is 1. The van der Waals surface area contributed by atoms with Gasteiger partial charge in [0.25, 0.3) is 0 Å². The molecule has 0 atom stereocenters. The highest BCUT2D eigenvalue weighted by Crippen LogP contribution is 2.26. The van der Waals surface area contributed by atoms with Gasteiger partial charge >= 0.3 is 0 Å². The van der Waals surface area contributed by atoms with Crippen LogP contribution in [0.5, 0.6) is 0 Å². The van der Waals surface area contributed by atoms with Crippen LogP contribution in [-0.2, 0) is 0 Å². The van der Waals surface area contributed by atoms with Crippen molar-refractivity contribution in [1.82, 2.24) is 4.98 Å². The minimum atomic E-state index is 1.20. The molecule has 0 radical (unpaired) electrons. The predicted molar refractivity (Wildman–Crippen MR) is 60.8 cm³/mol. The summed E-state index contributed by atoms with van der Waals surface area (Å²) in [7, 11) is 4.13. The molecule has 0 aliphatic heterocycles. The second-order valence-corrected chi connectivity index (χ2v) is 3.78. The van der Waals surface area contributed by atoms with Gasteiger partial charge in [-0.1, -0.05) is 0 Å². The van der Waals surface area contributed by atoms with E-state index in [1.807, 2.05) is 12.4 Å². The summed E-state index contributed by atoms with van der Waals surface area (Å²) in [4.78, 5) is 6.27. The van der Waals surface area contributed by atoms with Crippen LogP contribution in [0.25, 0.3) is 10.8 Å². The van der Waals surface area contributed by atoms with Gasteiger partial charge in [-0.25, -0.2) is 0 Å². The molecular formula is C12H14N2. The Hall–Kier alpha value is -1.57. The van der Waals surface area contributed by atoms with Crippen molar-refractivity contribution in [2.75, 3.05) is 19.0 Å². The third-order valence-corrected chi connectivity index (χ3v) is 2.36. The molecule has 0 spiro atoms. The molecule has 1 heterocycles. The third-order valence-electron chi connectivity index (χ3n) is 2.36. The lowest BCUT2D eigenvalue weighted by atomic mass is 10.1. The topological polar surface area (TPSA) is 16.1 Å². The summed E-state index contributed by atoms with van der Waals surface area (Å²) in [6.45, 7) is 2.11. The van der Waals surface area contributed by atoms with Crippen molar-refractivity contribution < 1.29 is 0 Å². The molecular weight excluding hydrogens is 172 g/mol. The second kappa shape index (κ2) is 3.29.